The van der Waals surface area contributed by atoms with E-state index in [1.54, 1.807) is 0 Å². The smallest absolute Gasteiger partial charge is 0.146 e. The molecule has 0 bridgehead atoms. The molecular weight excluding hydrogens is 246 g/mol. The van der Waals surface area contributed by atoms with Crippen LogP contribution in [0.15, 0.2) is 0 Å². The van der Waals surface area contributed by atoms with Gasteiger partial charge in [0.25, 0.3) is 0 Å². The largest absolute Gasteiger partial charge is 0.299 e. The fraction of sp³-hybridized carbons (Fsp3) is 0.944. The number of carbonyl (C=O) groups excluding carboxylic acids is 1. The van der Waals surface area contributed by atoms with Gasteiger partial charge >= 0.3 is 0 Å². The molecule has 0 amide bonds. The number of Topliss-reactive ketones (excluding diaryl/α,β-unsaturated/α-hetero) is 1. The predicted octanol–water partition coefficient (Wildman–Crippen LogP) is 5.21. The van der Waals surface area contributed by atoms with Crippen LogP contribution in [-0.4, -0.2) is 30.8 Å². The lowest BCUT2D eigenvalue weighted by atomic mass is 10.1. The molecule has 0 heterocycles. The molecule has 0 unspecified atom stereocenters. The fourth-order valence-electron chi connectivity index (χ4n) is 2.61. The van der Waals surface area contributed by atoms with Crippen molar-refractivity contribution in [3.05, 3.63) is 0 Å². The van der Waals surface area contributed by atoms with Crippen LogP contribution in [0.3, 0.4) is 0 Å². The lowest BCUT2D eigenvalue weighted by Gasteiger charge is -2.15. The Morgan fingerprint density at radius 3 is 1.75 bits per heavy atom. The molecule has 0 aromatic heterocycles. The zero-order valence-corrected chi connectivity index (χ0v) is 14.3. The molecule has 0 saturated carbocycles. The quantitative estimate of drug-likeness (QED) is 0.385. The first-order chi connectivity index (χ1) is 9.70. The van der Waals surface area contributed by atoms with Gasteiger partial charge in [-0.05, 0) is 26.4 Å². The van der Waals surface area contributed by atoms with E-state index in [9.17, 15) is 4.79 Å². The summed E-state index contributed by atoms with van der Waals surface area (Å²) >= 11 is 0. The van der Waals surface area contributed by atoms with Crippen molar-refractivity contribution < 1.29 is 4.79 Å². The van der Waals surface area contributed by atoms with Crippen LogP contribution in [0.5, 0.6) is 0 Å². The van der Waals surface area contributed by atoms with Gasteiger partial charge in [-0.3, -0.25) is 9.69 Å². The summed E-state index contributed by atoms with van der Waals surface area (Å²) in [7, 11) is 2.07. The van der Waals surface area contributed by atoms with Gasteiger partial charge in [-0.1, -0.05) is 71.6 Å². The number of nitrogens with zero attached hydrogens (tertiary/aromatic N) is 1. The van der Waals surface area contributed by atoms with Crippen LogP contribution >= 0.6 is 0 Å². The summed E-state index contributed by atoms with van der Waals surface area (Å²) in [6.45, 7) is 6.06. The van der Waals surface area contributed by atoms with Gasteiger partial charge < -0.3 is 0 Å². The van der Waals surface area contributed by atoms with E-state index in [4.69, 9.17) is 0 Å². The van der Waals surface area contributed by atoms with Crippen molar-refractivity contribution in [3.8, 4) is 0 Å². The minimum atomic E-state index is 0.391. The molecule has 0 aromatic carbocycles. The van der Waals surface area contributed by atoms with Crippen molar-refractivity contribution in [2.24, 2.45) is 0 Å². The molecule has 2 nitrogen and oxygen atoms in total. The van der Waals surface area contributed by atoms with Gasteiger partial charge in [0.2, 0.25) is 0 Å². The Morgan fingerprint density at radius 1 is 0.750 bits per heavy atom. The normalized spacial score (nSPS) is 11.2. The van der Waals surface area contributed by atoms with E-state index >= 15 is 0 Å². The van der Waals surface area contributed by atoms with Crippen LogP contribution in [-0.2, 0) is 4.79 Å². The molecule has 0 aliphatic carbocycles. The highest BCUT2D eigenvalue weighted by molar-refractivity contribution is 5.80. The Morgan fingerprint density at radius 2 is 1.25 bits per heavy atom. The number of ketones is 1. The maximum atomic E-state index is 11.5. The average molecular weight is 284 g/mol. The molecular formula is C18H37NO. The fourth-order valence-corrected chi connectivity index (χ4v) is 2.61. The van der Waals surface area contributed by atoms with Crippen molar-refractivity contribution in [2.45, 2.75) is 90.9 Å². The van der Waals surface area contributed by atoms with Gasteiger partial charge in [-0.2, -0.15) is 0 Å². The van der Waals surface area contributed by atoms with Gasteiger partial charge in [-0.15, -0.1) is 0 Å². The zero-order chi connectivity index (χ0) is 15.1. The Bertz CT molecular complexity index is 215. The summed E-state index contributed by atoms with van der Waals surface area (Å²) in [5.41, 5.74) is 0. The van der Waals surface area contributed by atoms with E-state index in [1.165, 1.54) is 64.2 Å². The highest BCUT2D eigenvalue weighted by Gasteiger charge is 2.04. The van der Waals surface area contributed by atoms with Gasteiger partial charge in [0.15, 0.2) is 0 Å². The third-order valence-electron chi connectivity index (χ3n) is 3.87. The van der Waals surface area contributed by atoms with Gasteiger partial charge in [0, 0.05) is 6.42 Å². The van der Waals surface area contributed by atoms with E-state index in [2.05, 4.69) is 25.8 Å². The van der Waals surface area contributed by atoms with Crippen LogP contribution in [0.25, 0.3) is 0 Å². The van der Waals surface area contributed by atoms with Crippen LogP contribution in [0.4, 0.5) is 0 Å². The first-order valence-corrected chi connectivity index (χ1v) is 8.91. The average Bonchev–Trinajstić information content (AvgIpc) is 2.41. The molecule has 0 aliphatic rings. The van der Waals surface area contributed by atoms with E-state index in [0.29, 0.717) is 12.3 Å². The van der Waals surface area contributed by atoms with E-state index < -0.39 is 0 Å². The molecule has 0 radical (unpaired) electrons. The van der Waals surface area contributed by atoms with E-state index in [-0.39, 0.29) is 0 Å². The summed E-state index contributed by atoms with van der Waals surface area (Å²) in [5, 5.41) is 0. The SMILES string of the molecule is CCCCCCCCCCCCN(C)CC(=O)CCC. The molecule has 0 N–H and O–H groups in total. The summed E-state index contributed by atoms with van der Waals surface area (Å²) in [4.78, 5) is 13.7. The van der Waals surface area contributed by atoms with Crippen LogP contribution in [0.1, 0.15) is 90.9 Å². The number of hydrogen-bond donors (Lipinski definition) is 0. The number of unbranched alkanes of at least 4 members (excludes halogenated alkanes) is 9. The minimum absolute atomic E-state index is 0.391. The standard InChI is InChI=1S/C18H37NO/c1-4-6-7-8-9-10-11-12-13-14-16-19(3)17-18(20)15-5-2/h4-17H2,1-3H3. The maximum absolute atomic E-state index is 11.5. The molecule has 0 aromatic rings. The highest BCUT2D eigenvalue weighted by Crippen LogP contribution is 2.10. The molecule has 0 spiro atoms. The van der Waals surface area contributed by atoms with Gasteiger partial charge in [0.1, 0.15) is 5.78 Å². The van der Waals surface area contributed by atoms with Gasteiger partial charge in [0.05, 0.1) is 6.54 Å². The second-order valence-corrected chi connectivity index (χ2v) is 6.21. The Hall–Kier alpha value is -0.370. The van der Waals surface area contributed by atoms with Crippen LogP contribution < -0.4 is 0 Å². The van der Waals surface area contributed by atoms with Crippen molar-refractivity contribution in [2.75, 3.05) is 20.1 Å². The summed E-state index contributed by atoms with van der Waals surface area (Å²) in [5.74, 6) is 0.391. The second kappa shape index (κ2) is 15.0. The monoisotopic (exact) mass is 283 g/mol. The lowest BCUT2D eigenvalue weighted by Crippen LogP contribution is -2.26. The predicted molar refractivity (Wildman–Crippen MR) is 89.3 cm³/mol. The maximum Gasteiger partial charge on any atom is 0.146 e. The number of carbonyl (C=O) groups is 1. The molecule has 0 rings (SSSR count). The Labute approximate surface area is 127 Å². The number of hydrogen-bond acceptors (Lipinski definition) is 2. The van der Waals surface area contributed by atoms with Crippen molar-refractivity contribution in [1.82, 2.24) is 4.90 Å². The van der Waals surface area contributed by atoms with Crippen LogP contribution in [0, 0.1) is 0 Å². The minimum Gasteiger partial charge on any atom is -0.299 e. The third kappa shape index (κ3) is 14.0. The molecule has 0 fully saturated rings. The van der Waals surface area contributed by atoms with Crippen LogP contribution in [0.2, 0.25) is 0 Å². The molecule has 0 atom stereocenters. The third-order valence-corrected chi connectivity index (χ3v) is 3.87. The molecule has 2 heteroatoms. The highest BCUT2D eigenvalue weighted by atomic mass is 16.1. The molecule has 120 valence electrons. The number of likely N-dealkylation sites (N-methyl/N-ethyl adjacent to an activating group) is 1. The molecule has 20 heavy (non-hydrogen) atoms. The number of rotatable bonds is 15. The van der Waals surface area contributed by atoms with Gasteiger partial charge in [-0.25, -0.2) is 0 Å². The molecule has 0 saturated heterocycles. The first kappa shape index (κ1) is 19.6. The molecule has 0 aliphatic heterocycles. The summed E-state index contributed by atoms with van der Waals surface area (Å²) in [6.07, 6.45) is 15.5. The zero-order valence-electron chi connectivity index (χ0n) is 14.3. The van der Waals surface area contributed by atoms with E-state index in [0.717, 1.165) is 19.4 Å². The van der Waals surface area contributed by atoms with Crippen molar-refractivity contribution in [1.29, 1.82) is 0 Å². The second-order valence-electron chi connectivity index (χ2n) is 6.21. The first-order valence-electron chi connectivity index (χ1n) is 8.91. The Balaban J connectivity index is 3.21. The lowest BCUT2D eigenvalue weighted by molar-refractivity contribution is -0.119. The topological polar surface area (TPSA) is 20.3 Å². The Kier molecular flexibility index (Phi) is 14.7. The summed E-state index contributed by atoms with van der Waals surface area (Å²) in [6, 6.07) is 0. The summed E-state index contributed by atoms with van der Waals surface area (Å²) < 4.78 is 0. The van der Waals surface area contributed by atoms with Crippen molar-refractivity contribution in [3.63, 3.8) is 0 Å². The van der Waals surface area contributed by atoms with Crippen molar-refractivity contribution >= 4 is 5.78 Å². The van der Waals surface area contributed by atoms with E-state index in [1.807, 2.05) is 0 Å².